The number of fused-ring (bicyclic) bond motifs is 3. The van der Waals surface area contributed by atoms with Gasteiger partial charge in [-0.1, -0.05) is 31.7 Å². The summed E-state index contributed by atoms with van der Waals surface area (Å²) < 4.78 is 16.4. The first-order chi connectivity index (χ1) is 14.3. The van der Waals surface area contributed by atoms with Crippen LogP contribution in [-0.4, -0.2) is 43.0 Å². The molecule has 0 spiro atoms. The number of esters is 2. The Hall–Kier alpha value is -2.60. The summed E-state index contributed by atoms with van der Waals surface area (Å²) >= 11 is 0. The molecule has 2 aliphatic carbocycles. The molecule has 5 atom stereocenters. The smallest absolute Gasteiger partial charge is 0.334 e. The number of hydrogen-bond acceptors (Lipinski definition) is 6. The summed E-state index contributed by atoms with van der Waals surface area (Å²) in [6.07, 6.45) is 3.27. The van der Waals surface area contributed by atoms with Crippen LogP contribution in [0.5, 0.6) is 5.75 Å². The lowest BCUT2D eigenvalue weighted by Crippen LogP contribution is -2.53. The van der Waals surface area contributed by atoms with Crippen LogP contribution < -0.4 is 4.74 Å². The lowest BCUT2D eigenvalue weighted by molar-refractivity contribution is -0.152. The van der Waals surface area contributed by atoms with Crippen LogP contribution in [-0.2, 0) is 25.5 Å². The lowest BCUT2D eigenvalue weighted by atomic mass is 9.55. The van der Waals surface area contributed by atoms with Crippen molar-refractivity contribution in [3.8, 4) is 5.75 Å². The van der Waals surface area contributed by atoms with E-state index in [1.54, 1.807) is 7.11 Å². The van der Waals surface area contributed by atoms with Gasteiger partial charge in [0.25, 0.3) is 0 Å². The number of carbonyl (C=O) groups excluding carboxylic acids is 2. The monoisotopic (exact) mass is 412 g/mol. The minimum atomic E-state index is -0.519. The van der Waals surface area contributed by atoms with Crippen molar-refractivity contribution in [1.82, 2.24) is 0 Å². The predicted octanol–water partition coefficient (Wildman–Crippen LogP) is 2.99. The van der Waals surface area contributed by atoms with Crippen LogP contribution in [0.2, 0.25) is 0 Å². The largest absolute Gasteiger partial charge is 0.497 e. The number of methoxy groups -OCH3 is 1. The van der Waals surface area contributed by atoms with E-state index < -0.39 is 11.5 Å². The first-order valence-corrected chi connectivity index (χ1v) is 10.4. The highest BCUT2D eigenvalue weighted by Gasteiger charge is 2.58. The number of aliphatic hydroxyl groups is 1. The molecule has 30 heavy (non-hydrogen) atoms. The Balaban J connectivity index is 1.46. The summed E-state index contributed by atoms with van der Waals surface area (Å²) in [5.74, 6) is -0.174. The third-order valence-corrected chi connectivity index (χ3v) is 7.05. The fourth-order valence-electron chi connectivity index (χ4n) is 5.21. The van der Waals surface area contributed by atoms with Gasteiger partial charge in [-0.15, -0.1) is 0 Å². The second kappa shape index (κ2) is 7.91. The van der Waals surface area contributed by atoms with Gasteiger partial charge in [0.05, 0.1) is 19.6 Å². The zero-order chi connectivity index (χ0) is 21.5. The Morgan fingerprint density at radius 3 is 2.77 bits per heavy atom. The van der Waals surface area contributed by atoms with E-state index in [0.717, 1.165) is 29.7 Å². The molecule has 0 aromatic heterocycles. The standard InChI is InChI=1S/C24H28O6/c1-14-18-10-11-24(2)19(25)9-6-16(21(24)22(18)30-23(14)27)13-29-20(26)12-15-4-7-17(28-3)8-5-15/h4-8,18-19,21-22,25H,1,9-13H2,2-3H3. The van der Waals surface area contributed by atoms with Gasteiger partial charge in [-0.3, -0.25) is 4.79 Å². The summed E-state index contributed by atoms with van der Waals surface area (Å²) in [4.78, 5) is 24.5. The van der Waals surface area contributed by atoms with E-state index in [9.17, 15) is 14.7 Å². The van der Waals surface area contributed by atoms with Crippen molar-refractivity contribution >= 4 is 11.9 Å². The van der Waals surface area contributed by atoms with Crippen molar-refractivity contribution < 1.29 is 28.9 Å². The van der Waals surface area contributed by atoms with E-state index >= 15 is 0 Å². The highest BCUT2D eigenvalue weighted by Crippen LogP contribution is 2.56. The SMILES string of the molecule is C=C1C(=O)OC2C1CCC1(C)C(O)CC=C(COC(=O)Cc3ccc(OC)cc3)C21. The highest BCUT2D eigenvalue weighted by atomic mass is 16.6. The van der Waals surface area contributed by atoms with Crippen molar-refractivity contribution in [2.45, 2.75) is 44.8 Å². The molecule has 1 saturated carbocycles. The quantitative estimate of drug-likeness (QED) is 0.455. The average Bonchev–Trinajstić information content (AvgIpc) is 3.02. The van der Waals surface area contributed by atoms with Crippen LogP contribution in [0, 0.1) is 17.3 Å². The molecule has 1 saturated heterocycles. The van der Waals surface area contributed by atoms with Crippen molar-refractivity contribution in [2.75, 3.05) is 13.7 Å². The first-order valence-electron chi connectivity index (χ1n) is 10.4. The Kier molecular flexibility index (Phi) is 5.45. The maximum absolute atomic E-state index is 12.4. The molecule has 0 radical (unpaired) electrons. The Morgan fingerprint density at radius 1 is 1.33 bits per heavy atom. The van der Waals surface area contributed by atoms with Gasteiger partial charge in [0.1, 0.15) is 18.5 Å². The van der Waals surface area contributed by atoms with E-state index in [0.29, 0.717) is 12.0 Å². The van der Waals surface area contributed by atoms with Crippen LogP contribution in [0.4, 0.5) is 0 Å². The fraction of sp³-hybridized carbons (Fsp3) is 0.500. The molecule has 6 nitrogen and oxygen atoms in total. The molecule has 1 aliphatic heterocycles. The lowest BCUT2D eigenvalue weighted by Gasteiger charge is -2.51. The third kappa shape index (κ3) is 3.54. The van der Waals surface area contributed by atoms with E-state index in [2.05, 4.69) is 6.58 Å². The van der Waals surface area contributed by atoms with Gasteiger partial charge >= 0.3 is 11.9 Å². The van der Waals surface area contributed by atoms with Gasteiger partial charge in [0, 0.05) is 22.8 Å². The molecule has 0 amide bonds. The van der Waals surface area contributed by atoms with Gasteiger partial charge in [-0.25, -0.2) is 4.79 Å². The van der Waals surface area contributed by atoms with Gasteiger partial charge in [0.2, 0.25) is 0 Å². The molecule has 1 aromatic rings. The Bertz CT molecular complexity index is 885. The second-order valence-electron chi connectivity index (χ2n) is 8.74. The topological polar surface area (TPSA) is 82.1 Å². The summed E-state index contributed by atoms with van der Waals surface area (Å²) in [6, 6.07) is 7.29. The molecule has 1 aromatic carbocycles. The number of benzene rings is 1. The summed E-state index contributed by atoms with van der Waals surface area (Å²) in [5, 5.41) is 10.7. The first kappa shape index (κ1) is 20.7. The van der Waals surface area contributed by atoms with Crippen LogP contribution in [0.1, 0.15) is 31.7 Å². The molecule has 1 heterocycles. The van der Waals surface area contributed by atoms with E-state index in [1.807, 2.05) is 37.3 Å². The number of ether oxygens (including phenoxy) is 3. The van der Waals surface area contributed by atoms with E-state index in [1.165, 1.54) is 0 Å². The molecule has 0 bridgehead atoms. The minimum Gasteiger partial charge on any atom is -0.497 e. The van der Waals surface area contributed by atoms with Crippen LogP contribution >= 0.6 is 0 Å². The molecular weight excluding hydrogens is 384 g/mol. The maximum atomic E-state index is 12.4. The summed E-state index contributed by atoms with van der Waals surface area (Å²) in [5.41, 5.74) is 1.86. The summed E-state index contributed by atoms with van der Waals surface area (Å²) in [7, 11) is 1.60. The fourth-order valence-corrected chi connectivity index (χ4v) is 5.21. The minimum absolute atomic E-state index is 0.0423. The normalized spacial score (nSPS) is 32.6. The Morgan fingerprint density at radius 2 is 2.07 bits per heavy atom. The maximum Gasteiger partial charge on any atom is 0.334 e. The molecule has 1 N–H and O–H groups in total. The number of carbonyl (C=O) groups is 2. The van der Waals surface area contributed by atoms with Crippen molar-refractivity contribution in [2.24, 2.45) is 17.3 Å². The van der Waals surface area contributed by atoms with Crippen molar-refractivity contribution in [1.29, 1.82) is 0 Å². The van der Waals surface area contributed by atoms with Gasteiger partial charge < -0.3 is 19.3 Å². The molecule has 4 rings (SSSR count). The number of aliphatic hydroxyl groups excluding tert-OH is 1. The van der Waals surface area contributed by atoms with Gasteiger partial charge in [-0.05, 0) is 42.5 Å². The summed E-state index contributed by atoms with van der Waals surface area (Å²) in [6.45, 7) is 6.08. The second-order valence-corrected chi connectivity index (χ2v) is 8.74. The van der Waals surface area contributed by atoms with E-state index in [-0.39, 0.29) is 42.9 Å². The van der Waals surface area contributed by atoms with E-state index in [4.69, 9.17) is 14.2 Å². The number of hydrogen-bond donors (Lipinski definition) is 1. The molecule has 6 heteroatoms. The zero-order valence-electron chi connectivity index (χ0n) is 17.4. The zero-order valence-corrected chi connectivity index (χ0v) is 17.4. The number of rotatable bonds is 5. The van der Waals surface area contributed by atoms with Crippen molar-refractivity contribution in [3.63, 3.8) is 0 Å². The third-order valence-electron chi connectivity index (χ3n) is 7.05. The molecule has 3 aliphatic rings. The van der Waals surface area contributed by atoms with Crippen LogP contribution in [0.3, 0.4) is 0 Å². The van der Waals surface area contributed by atoms with Gasteiger partial charge in [0.15, 0.2) is 0 Å². The molecule has 2 fully saturated rings. The molecule has 5 unspecified atom stereocenters. The van der Waals surface area contributed by atoms with Gasteiger partial charge in [-0.2, -0.15) is 0 Å². The highest BCUT2D eigenvalue weighted by molar-refractivity contribution is 5.91. The van der Waals surface area contributed by atoms with Crippen LogP contribution in [0.15, 0.2) is 48.1 Å². The molecular formula is C24H28O6. The molecule has 160 valence electrons. The average molecular weight is 412 g/mol. The van der Waals surface area contributed by atoms with Crippen LogP contribution in [0.25, 0.3) is 0 Å². The Labute approximate surface area is 176 Å². The predicted molar refractivity (Wildman–Crippen MR) is 110 cm³/mol. The van der Waals surface area contributed by atoms with Crippen molar-refractivity contribution in [3.05, 3.63) is 53.6 Å².